The minimum atomic E-state index is -1.78. The number of amides is 3. The zero-order valence-corrected chi connectivity index (χ0v) is 20.4. The molecule has 3 amide bonds. The summed E-state index contributed by atoms with van der Waals surface area (Å²) in [6.45, 7) is 1.86. The van der Waals surface area contributed by atoms with Gasteiger partial charge in [0.25, 0.3) is 11.8 Å². The number of hydrogen-bond acceptors (Lipinski definition) is 10. The van der Waals surface area contributed by atoms with Gasteiger partial charge in [-0.2, -0.15) is 0 Å². The second-order valence-corrected chi connectivity index (χ2v) is 9.81. The average Bonchev–Trinajstić information content (AvgIpc) is 3.38. The molecule has 2 fully saturated rings. The Bertz CT molecular complexity index is 1140. The predicted octanol–water partition coefficient (Wildman–Crippen LogP) is -1.23. The minimum absolute atomic E-state index is 0.0508. The first-order valence-electron chi connectivity index (χ1n) is 10.9. The molecule has 0 bridgehead atoms. The topological polar surface area (TPSA) is 171 Å². The first-order valence-corrected chi connectivity index (χ1v) is 12.3. The molecular formula is C21H25N5O9S. The number of nitrogens with one attached hydrogen (secondary N) is 1. The van der Waals surface area contributed by atoms with Gasteiger partial charge in [-0.05, 0) is 19.2 Å². The summed E-state index contributed by atoms with van der Waals surface area (Å²) < 4.78 is 23.4. The number of likely N-dealkylation sites (N-methyl/N-ethyl adjacent to an activating group) is 1. The van der Waals surface area contributed by atoms with Gasteiger partial charge >= 0.3 is 12.1 Å². The molecule has 1 aromatic rings. The number of carbonyl (C=O) groups is 4. The molecule has 0 spiro atoms. The number of β-lactam (4-membered cyclic amide) rings is 1. The largest absolute Gasteiger partial charge is 0.477 e. The zero-order chi connectivity index (χ0) is 26.0. The van der Waals surface area contributed by atoms with Crippen molar-refractivity contribution in [1.82, 2.24) is 20.0 Å². The maximum absolute atomic E-state index is 13.0. The molecule has 2 N–H and O–H groups in total. The van der Waals surface area contributed by atoms with E-state index in [4.69, 9.17) is 9.15 Å². The van der Waals surface area contributed by atoms with E-state index in [1.54, 1.807) is 0 Å². The quantitative estimate of drug-likeness (QED) is 0.250. The van der Waals surface area contributed by atoms with Gasteiger partial charge in [-0.1, -0.05) is 5.16 Å². The number of rotatable bonds is 7. The van der Waals surface area contributed by atoms with E-state index >= 15 is 0 Å². The van der Waals surface area contributed by atoms with Crippen molar-refractivity contribution >= 4 is 40.4 Å². The Morgan fingerprint density at radius 3 is 2.61 bits per heavy atom. The molecule has 3 aliphatic heterocycles. The van der Waals surface area contributed by atoms with Crippen LogP contribution < -0.4 is 5.32 Å². The third-order valence-electron chi connectivity index (χ3n) is 5.98. The summed E-state index contributed by atoms with van der Waals surface area (Å²) in [7, 11) is 1.38. The number of oxime groups is 1. The van der Waals surface area contributed by atoms with Gasteiger partial charge in [-0.3, -0.25) is 18.7 Å². The van der Waals surface area contributed by atoms with Crippen LogP contribution in [0.3, 0.4) is 0 Å². The molecule has 2 saturated heterocycles. The lowest BCUT2D eigenvalue weighted by Gasteiger charge is -2.48. The van der Waals surface area contributed by atoms with Crippen LogP contribution >= 0.6 is 0 Å². The fourth-order valence-corrected chi connectivity index (χ4v) is 5.77. The van der Waals surface area contributed by atoms with Crippen LogP contribution in [0.15, 0.2) is 39.2 Å². The lowest BCUT2D eigenvalue weighted by atomic mass is 10.0. The molecule has 0 aliphatic carbocycles. The molecule has 3 aliphatic rings. The molecule has 1 aromatic heterocycles. The third-order valence-corrected chi connectivity index (χ3v) is 7.63. The Labute approximate surface area is 207 Å². The highest BCUT2D eigenvalue weighted by atomic mass is 32.2. The number of ether oxygens (including phenoxy) is 1. The summed E-state index contributed by atoms with van der Waals surface area (Å²) in [6, 6.07) is 1.74. The second kappa shape index (κ2) is 10.5. The second-order valence-electron chi connectivity index (χ2n) is 8.28. The molecule has 14 nitrogen and oxygen atoms in total. The summed E-state index contributed by atoms with van der Waals surface area (Å²) in [4.78, 5) is 59.2. The highest BCUT2D eigenvalue weighted by Gasteiger charge is 2.57. The van der Waals surface area contributed by atoms with E-state index in [0.717, 1.165) is 4.90 Å². The molecule has 2 unspecified atom stereocenters. The SMILES string of the molecule is CON=C(C(=O)NC1C(=O)N2C(C(=O)O)=C(COC(=O)N3CCN(C)CC3)CS(=O)[C@@H]12)c1ccco1. The Morgan fingerprint density at radius 1 is 1.28 bits per heavy atom. The lowest BCUT2D eigenvalue weighted by Crippen LogP contribution is -2.74. The number of carbonyl (C=O) groups excluding carboxylic acids is 3. The Hall–Kier alpha value is -3.72. The van der Waals surface area contributed by atoms with E-state index < -0.39 is 58.4 Å². The normalized spacial score (nSPS) is 24.7. The summed E-state index contributed by atoms with van der Waals surface area (Å²) >= 11 is 0. The molecule has 4 rings (SSSR count). The van der Waals surface area contributed by atoms with Crippen molar-refractivity contribution < 1.29 is 42.5 Å². The Morgan fingerprint density at radius 2 is 2.00 bits per heavy atom. The Balaban J connectivity index is 1.47. The molecular weight excluding hydrogens is 498 g/mol. The summed E-state index contributed by atoms with van der Waals surface area (Å²) in [6.07, 6.45) is 0.707. The van der Waals surface area contributed by atoms with Crippen LogP contribution in [-0.4, -0.2) is 118 Å². The number of aliphatic carboxylic acids is 1. The van der Waals surface area contributed by atoms with E-state index in [1.807, 2.05) is 7.05 Å². The number of carboxylic acid groups (broad SMARTS) is 1. The summed E-state index contributed by atoms with van der Waals surface area (Å²) in [5.41, 5.74) is -0.603. The van der Waals surface area contributed by atoms with Crippen LogP contribution in [0.2, 0.25) is 0 Å². The highest BCUT2D eigenvalue weighted by Crippen LogP contribution is 2.35. The van der Waals surface area contributed by atoms with E-state index in [2.05, 4.69) is 20.2 Å². The maximum Gasteiger partial charge on any atom is 0.410 e. The molecule has 0 radical (unpaired) electrons. The molecule has 4 heterocycles. The molecule has 0 aromatic carbocycles. The summed E-state index contributed by atoms with van der Waals surface area (Å²) in [5, 5.41) is 14.7. The number of fused-ring (bicyclic) bond motifs is 1. The van der Waals surface area contributed by atoms with Gasteiger partial charge in [0.1, 0.15) is 30.8 Å². The fourth-order valence-electron chi connectivity index (χ4n) is 4.11. The van der Waals surface area contributed by atoms with Crippen molar-refractivity contribution in [3.05, 3.63) is 35.4 Å². The van der Waals surface area contributed by atoms with Crippen LogP contribution in [0.5, 0.6) is 0 Å². The number of furan rings is 1. The highest BCUT2D eigenvalue weighted by molar-refractivity contribution is 7.86. The van der Waals surface area contributed by atoms with Gasteiger partial charge in [0.05, 0.1) is 22.8 Å². The minimum Gasteiger partial charge on any atom is -0.477 e. The van der Waals surface area contributed by atoms with Gasteiger partial charge in [0.2, 0.25) is 5.71 Å². The monoisotopic (exact) mass is 523 g/mol. The molecule has 3 atom stereocenters. The van der Waals surface area contributed by atoms with Gasteiger partial charge < -0.3 is 34.2 Å². The number of nitrogens with zero attached hydrogens (tertiary/aromatic N) is 4. The zero-order valence-electron chi connectivity index (χ0n) is 19.5. The van der Waals surface area contributed by atoms with Gasteiger partial charge in [0.15, 0.2) is 5.76 Å². The van der Waals surface area contributed by atoms with Crippen LogP contribution in [-0.2, 0) is 34.8 Å². The molecule has 0 saturated carbocycles. The van der Waals surface area contributed by atoms with Gasteiger partial charge in [-0.25, -0.2) is 9.59 Å². The molecule has 15 heteroatoms. The van der Waals surface area contributed by atoms with E-state index in [9.17, 15) is 28.5 Å². The van der Waals surface area contributed by atoms with Gasteiger partial charge in [0, 0.05) is 31.8 Å². The van der Waals surface area contributed by atoms with Crippen LogP contribution in [0.1, 0.15) is 5.76 Å². The van der Waals surface area contributed by atoms with Gasteiger partial charge in [-0.15, -0.1) is 0 Å². The number of carboxylic acids is 1. The molecule has 194 valence electrons. The Kier molecular flexibility index (Phi) is 7.40. The van der Waals surface area contributed by atoms with Crippen molar-refractivity contribution in [2.24, 2.45) is 5.16 Å². The van der Waals surface area contributed by atoms with Crippen LogP contribution in [0.4, 0.5) is 4.79 Å². The van der Waals surface area contributed by atoms with Crippen molar-refractivity contribution in [2.75, 3.05) is 52.7 Å². The van der Waals surface area contributed by atoms with E-state index in [0.29, 0.717) is 26.2 Å². The van der Waals surface area contributed by atoms with Crippen molar-refractivity contribution in [2.45, 2.75) is 11.4 Å². The van der Waals surface area contributed by atoms with Crippen molar-refractivity contribution in [3.8, 4) is 0 Å². The van der Waals surface area contributed by atoms with Crippen molar-refractivity contribution in [3.63, 3.8) is 0 Å². The number of piperazine rings is 1. The fraction of sp³-hybridized carbons (Fsp3) is 0.476. The third kappa shape index (κ3) is 4.83. The predicted molar refractivity (Wildman–Crippen MR) is 123 cm³/mol. The smallest absolute Gasteiger partial charge is 0.410 e. The summed E-state index contributed by atoms with van der Waals surface area (Å²) in [5.74, 6) is -3.18. The van der Waals surface area contributed by atoms with Crippen LogP contribution in [0, 0.1) is 0 Å². The first-order chi connectivity index (χ1) is 17.2. The first kappa shape index (κ1) is 25.4. The van der Waals surface area contributed by atoms with Crippen LogP contribution in [0.25, 0.3) is 0 Å². The maximum atomic E-state index is 13.0. The van der Waals surface area contributed by atoms with E-state index in [-0.39, 0.29) is 22.8 Å². The van der Waals surface area contributed by atoms with E-state index in [1.165, 1.54) is 30.4 Å². The average molecular weight is 524 g/mol. The van der Waals surface area contributed by atoms with Crippen molar-refractivity contribution in [1.29, 1.82) is 0 Å². The standard InChI is InChI=1S/C21H25N5O9S/c1-24-5-7-25(8-6-24)21(31)35-10-12-11-36(32)19-15(18(28)26(19)16(12)20(29)30)22-17(27)14(23-33-2)13-4-3-9-34-13/h3-4,9,15,19H,5-8,10-11H2,1-2H3,(H,22,27)(H,29,30)/t15?,19-,36?/m0/s1. The number of hydrogen-bond donors (Lipinski definition) is 2. The lowest BCUT2D eigenvalue weighted by molar-refractivity contribution is -0.150. The molecule has 36 heavy (non-hydrogen) atoms.